The largest absolute Gasteiger partial charge is 0.399 e. The number of benzene rings is 1. The fourth-order valence-corrected chi connectivity index (χ4v) is 2.67. The van der Waals surface area contributed by atoms with Crippen molar-refractivity contribution in [2.75, 3.05) is 18.8 Å². The van der Waals surface area contributed by atoms with E-state index in [1.165, 1.54) is 43.5 Å². The molecule has 17 heavy (non-hydrogen) atoms. The lowest BCUT2D eigenvalue weighted by atomic mass is 9.95. The third-order valence-electron chi connectivity index (χ3n) is 3.93. The summed E-state index contributed by atoms with van der Waals surface area (Å²) in [6, 6.07) is 6.47. The van der Waals surface area contributed by atoms with Crippen molar-refractivity contribution in [3.8, 4) is 0 Å². The number of piperidine rings is 1. The SMILES string of the molecule is CCC1CCCN(Cc2ccc(C)c(N)c2)C1. The van der Waals surface area contributed by atoms with Crippen molar-refractivity contribution in [3.05, 3.63) is 29.3 Å². The molecule has 0 aliphatic carbocycles. The number of nitrogens with two attached hydrogens (primary N) is 1. The van der Waals surface area contributed by atoms with Crippen LogP contribution in [0.5, 0.6) is 0 Å². The van der Waals surface area contributed by atoms with Crippen LogP contribution in [0.25, 0.3) is 0 Å². The summed E-state index contributed by atoms with van der Waals surface area (Å²) < 4.78 is 0. The number of likely N-dealkylation sites (tertiary alicyclic amines) is 1. The fraction of sp³-hybridized carbons (Fsp3) is 0.600. The summed E-state index contributed by atoms with van der Waals surface area (Å²) in [5.41, 5.74) is 9.41. The first-order chi connectivity index (χ1) is 8.19. The average Bonchev–Trinajstić information content (AvgIpc) is 2.34. The molecule has 1 atom stereocenters. The van der Waals surface area contributed by atoms with E-state index in [9.17, 15) is 0 Å². The Kier molecular flexibility index (Phi) is 4.06. The van der Waals surface area contributed by atoms with Gasteiger partial charge in [-0.1, -0.05) is 25.5 Å². The van der Waals surface area contributed by atoms with E-state index in [4.69, 9.17) is 5.73 Å². The number of hydrogen-bond acceptors (Lipinski definition) is 2. The first-order valence-electron chi connectivity index (χ1n) is 6.76. The Morgan fingerprint density at radius 3 is 2.94 bits per heavy atom. The molecule has 2 N–H and O–H groups in total. The van der Waals surface area contributed by atoms with Gasteiger partial charge in [0, 0.05) is 18.8 Å². The summed E-state index contributed by atoms with van der Waals surface area (Å²) in [4.78, 5) is 2.57. The molecule has 94 valence electrons. The molecule has 0 bridgehead atoms. The number of nitrogen functional groups attached to an aromatic ring is 1. The normalized spacial score (nSPS) is 21.6. The number of anilines is 1. The number of nitrogens with zero attached hydrogens (tertiary/aromatic N) is 1. The highest BCUT2D eigenvalue weighted by atomic mass is 15.1. The predicted molar refractivity (Wildman–Crippen MR) is 73.9 cm³/mol. The van der Waals surface area contributed by atoms with Crippen LogP contribution in [0.3, 0.4) is 0 Å². The Balaban J connectivity index is 1.97. The van der Waals surface area contributed by atoms with E-state index in [-0.39, 0.29) is 0 Å². The molecule has 0 amide bonds. The minimum Gasteiger partial charge on any atom is -0.399 e. The smallest absolute Gasteiger partial charge is 0.0346 e. The summed E-state index contributed by atoms with van der Waals surface area (Å²) in [5.74, 6) is 0.895. The minimum atomic E-state index is 0.895. The molecule has 2 rings (SSSR count). The molecule has 1 aliphatic rings. The van der Waals surface area contributed by atoms with Crippen LogP contribution in [0, 0.1) is 12.8 Å². The summed E-state index contributed by atoms with van der Waals surface area (Å²) in [5, 5.41) is 0. The first kappa shape index (κ1) is 12.4. The third-order valence-corrected chi connectivity index (χ3v) is 3.93. The Morgan fingerprint density at radius 1 is 1.41 bits per heavy atom. The van der Waals surface area contributed by atoms with Gasteiger partial charge in [-0.05, 0) is 49.4 Å². The Morgan fingerprint density at radius 2 is 2.24 bits per heavy atom. The van der Waals surface area contributed by atoms with Gasteiger partial charge >= 0.3 is 0 Å². The molecule has 0 spiro atoms. The van der Waals surface area contributed by atoms with E-state index in [2.05, 4.69) is 36.9 Å². The van der Waals surface area contributed by atoms with Gasteiger partial charge in [-0.2, -0.15) is 0 Å². The second kappa shape index (κ2) is 5.54. The molecule has 1 fully saturated rings. The molecular weight excluding hydrogens is 208 g/mol. The maximum absolute atomic E-state index is 5.96. The van der Waals surface area contributed by atoms with Crippen molar-refractivity contribution in [1.29, 1.82) is 0 Å². The van der Waals surface area contributed by atoms with Crippen LogP contribution in [0.4, 0.5) is 5.69 Å². The quantitative estimate of drug-likeness (QED) is 0.811. The highest BCUT2D eigenvalue weighted by molar-refractivity contribution is 5.48. The van der Waals surface area contributed by atoms with Crippen LogP contribution < -0.4 is 5.73 Å². The lowest BCUT2D eigenvalue weighted by molar-refractivity contribution is 0.165. The molecule has 1 heterocycles. The van der Waals surface area contributed by atoms with Crippen LogP contribution in [-0.4, -0.2) is 18.0 Å². The second-order valence-electron chi connectivity index (χ2n) is 5.34. The van der Waals surface area contributed by atoms with E-state index in [1.54, 1.807) is 0 Å². The number of hydrogen-bond donors (Lipinski definition) is 1. The maximum Gasteiger partial charge on any atom is 0.0346 e. The molecule has 1 saturated heterocycles. The van der Waals surface area contributed by atoms with E-state index in [1.807, 2.05) is 0 Å². The van der Waals surface area contributed by atoms with Crippen molar-refractivity contribution in [2.24, 2.45) is 5.92 Å². The van der Waals surface area contributed by atoms with E-state index in [0.717, 1.165) is 18.2 Å². The summed E-state index contributed by atoms with van der Waals surface area (Å²) in [7, 11) is 0. The number of rotatable bonds is 3. The third kappa shape index (κ3) is 3.22. The zero-order chi connectivity index (χ0) is 12.3. The standard InChI is InChI=1S/C15H24N2/c1-3-13-5-4-8-17(10-13)11-14-7-6-12(2)15(16)9-14/h6-7,9,13H,3-5,8,10-11,16H2,1-2H3. The van der Waals surface area contributed by atoms with Crippen molar-refractivity contribution in [2.45, 2.75) is 39.7 Å². The molecule has 1 unspecified atom stereocenters. The monoisotopic (exact) mass is 232 g/mol. The Hall–Kier alpha value is -1.02. The van der Waals surface area contributed by atoms with Gasteiger partial charge in [-0.3, -0.25) is 4.90 Å². The topological polar surface area (TPSA) is 29.3 Å². The molecule has 1 aromatic carbocycles. The number of aryl methyl sites for hydroxylation is 1. The molecule has 2 heteroatoms. The molecule has 0 saturated carbocycles. The predicted octanol–water partition coefficient (Wildman–Crippen LogP) is 3.20. The van der Waals surface area contributed by atoms with Crippen molar-refractivity contribution in [3.63, 3.8) is 0 Å². The van der Waals surface area contributed by atoms with Crippen LogP contribution in [0.2, 0.25) is 0 Å². The van der Waals surface area contributed by atoms with Crippen LogP contribution in [0.1, 0.15) is 37.3 Å². The molecule has 0 aromatic heterocycles. The maximum atomic E-state index is 5.96. The highest BCUT2D eigenvalue weighted by Gasteiger charge is 2.18. The van der Waals surface area contributed by atoms with Gasteiger partial charge in [0.25, 0.3) is 0 Å². The van der Waals surface area contributed by atoms with Crippen molar-refractivity contribution < 1.29 is 0 Å². The lowest BCUT2D eigenvalue weighted by Gasteiger charge is -2.32. The van der Waals surface area contributed by atoms with Gasteiger partial charge in [0.2, 0.25) is 0 Å². The zero-order valence-corrected chi connectivity index (χ0v) is 11.1. The van der Waals surface area contributed by atoms with Gasteiger partial charge in [0.05, 0.1) is 0 Å². The zero-order valence-electron chi connectivity index (χ0n) is 11.1. The molecular formula is C15H24N2. The molecule has 1 aromatic rings. The van der Waals surface area contributed by atoms with Crippen LogP contribution in [-0.2, 0) is 6.54 Å². The molecule has 0 radical (unpaired) electrons. The van der Waals surface area contributed by atoms with Gasteiger partial charge in [-0.25, -0.2) is 0 Å². The van der Waals surface area contributed by atoms with E-state index >= 15 is 0 Å². The lowest BCUT2D eigenvalue weighted by Crippen LogP contribution is -2.34. The first-order valence-corrected chi connectivity index (χ1v) is 6.76. The Bertz CT molecular complexity index is 373. The van der Waals surface area contributed by atoms with Crippen LogP contribution >= 0.6 is 0 Å². The van der Waals surface area contributed by atoms with Gasteiger partial charge < -0.3 is 5.73 Å². The van der Waals surface area contributed by atoms with E-state index < -0.39 is 0 Å². The fourth-order valence-electron chi connectivity index (χ4n) is 2.67. The summed E-state index contributed by atoms with van der Waals surface area (Å²) in [6.07, 6.45) is 4.06. The van der Waals surface area contributed by atoms with Gasteiger partial charge in [0.1, 0.15) is 0 Å². The molecule has 1 aliphatic heterocycles. The van der Waals surface area contributed by atoms with Gasteiger partial charge in [-0.15, -0.1) is 0 Å². The summed E-state index contributed by atoms with van der Waals surface area (Å²) >= 11 is 0. The summed E-state index contributed by atoms with van der Waals surface area (Å²) in [6.45, 7) is 7.92. The second-order valence-corrected chi connectivity index (χ2v) is 5.34. The van der Waals surface area contributed by atoms with Crippen molar-refractivity contribution >= 4 is 5.69 Å². The molecule has 2 nitrogen and oxygen atoms in total. The highest BCUT2D eigenvalue weighted by Crippen LogP contribution is 2.22. The van der Waals surface area contributed by atoms with Gasteiger partial charge in [0.15, 0.2) is 0 Å². The minimum absolute atomic E-state index is 0.895. The average molecular weight is 232 g/mol. The van der Waals surface area contributed by atoms with Crippen LogP contribution in [0.15, 0.2) is 18.2 Å². The van der Waals surface area contributed by atoms with Crippen molar-refractivity contribution in [1.82, 2.24) is 4.90 Å². The van der Waals surface area contributed by atoms with E-state index in [0.29, 0.717) is 0 Å². The Labute approximate surface area is 105 Å².